The minimum atomic E-state index is -1.04. The van der Waals surface area contributed by atoms with Crippen molar-refractivity contribution in [3.05, 3.63) is 59.2 Å². The van der Waals surface area contributed by atoms with E-state index in [1.165, 1.54) is 17.7 Å². The number of nitrogens with two attached hydrogens (primary N) is 1. The molecule has 0 fully saturated rings. The van der Waals surface area contributed by atoms with Crippen molar-refractivity contribution in [2.75, 3.05) is 5.73 Å². The van der Waals surface area contributed by atoms with Crippen LogP contribution in [0.2, 0.25) is 0 Å². The average Bonchev–Trinajstić information content (AvgIpc) is 2.45. The summed E-state index contributed by atoms with van der Waals surface area (Å²) in [5, 5.41) is 8.91. The molecule has 0 amide bonds. The van der Waals surface area contributed by atoms with Crippen molar-refractivity contribution >= 4 is 11.7 Å². The number of hydrogen-bond acceptors (Lipinski definition) is 3. The standard InChI is InChI=1S/C17H19NO3/c1-11(2)13-5-3-12(4-6-13)10-21-14-7-8-15(17(19)20)16(18)9-14/h3-9,11H,10,18H2,1-2H3,(H,19,20). The van der Waals surface area contributed by atoms with Crippen molar-refractivity contribution in [2.45, 2.75) is 26.4 Å². The second-order valence-corrected chi connectivity index (χ2v) is 5.24. The van der Waals surface area contributed by atoms with Crippen molar-refractivity contribution < 1.29 is 14.6 Å². The number of rotatable bonds is 5. The van der Waals surface area contributed by atoms with E-state index < -0.39 is 5.97 Å². The minimum absolute atomic E-state index is 0.0867. The molecule has 0 aliphatic carbocycles. The lowest BCUT2D eigenvalue weighted by Crippen LogP contribution is -2.03. The molecule has 0 saturated heterocycles. The van der Waals surface area contributed by atoms with Crippen molar-refractivity contribution in [1.82, 2.24) is 0 Å². The lowest BCUT2D eigenvalue weighted by molar-refractivity contribution is 0.0698. The molecule has 2 aromatic carbocycles. The Morgan fingerprint density at radius 1 is 1.19 bits per heavy atom. The molecule has 0 radical (unpaired) electrons. The van der Waals surface area contributed by atoms with E-state index >= 15 is 0 Å². The number of carboxylic acids is 1. The summed E-state index contributed by atoms with van der Waals surface area (Å²) in [7, 11) is 0. The zero-order valence-corrected chi connectivity index (χ0v) is 12.2. The Hall–Kier alpha value is -2.49. The van der Waals surface area contributed by atoms with Gasteiger partial charge >= 0.3 is 5.97 Å². The molecule has 4 nitrogen and oxygen atoms in total. The Morgan fingerprint density at radius 2 is 1.86 bits per heavy atom. The van der Waals surface area contributed by atoms with E-state index in [2.05, 4.69) is 26.0 Å². The van der Waals surface area contributed by atoms with E-state index in [0.29, 0.717) is 18.3 Å². The molecular weight excluding hydrogens is 266 g/mol. The van der Waals surface area contributed by atoms with E-state index in [9.17, 15) is 4.79 Å². The third-order valence-electron chi connectivity index (χ3n) is 3.31. The largest absolute Gasteiger partial charge is 0.489 e. The summed E-state index contributed by atoms with van der Waals surface area (Å²) in [4.78, 5) is 10.9. The summed E-state index contributed by atoms with van der Waals surface area (Å²) in [5.41, 5.74) is 8.32. The van der Waals surface area contributed by atoms with Gasteiger partial charge < -0.3 is 15.6 Å². The van der Waals surface area contributed by atoms with E-state index in [0.717, 1.165) is 5.56 Å². The molecule has 0 saturated carbocycles. The summed E-state index contributed by atoms with van der Waals surface area (Å²) in [5.74, 6) is 0.0251. The van der Waals surface area contributed by atoms with Crippen LogP contribution < -0.4 is 10.5 Å². The van der Waals surface area contributed by atoms with Gasteiger partial charge in [-0.3, -0.25) is 0 Å². The number of nitrogen functional groups attached to an aromatic ring is 1. The van der Waals surface area contributed by atoms with Gasteiger partial charge in [-0.05, 0) is 29.2 Å². The monoisotopic (exact) mass is 285 g/mol. The number of carbonyl (C=O) groups is 1. The van der Waals surface area contributed by atoms with Gasteiger partial charge in [0.25, 0.3) is 0 Å². The molecule has 110 valence electrons. The van der Waals surface area contributed by atoms with Gasteiger partial charge in [0, 0.05) is 11.8 Å². The molecular formula is C17H19NO3. The normalized spacial score (nSPS) is 10.6. The Bertz CT molecular complexity index is 633. The number of hydrogen-bond donors (Lipinski definition) is 2. The molecule has 0 heterocycles. The van der Waals surface area contributed by atoms with Crippen molar-refractivity contribution in [1.29, 1.82) is 0 Å². The smallest absolute Gasteiger partial charge is 0.337 e. The number of carboxylic acid groups (broad SMARTS) is 1. The second kappa shape index (κ2) is 6.31. The molecule has 0 atom stereocenters. The summed E-state index contributed by atoms with van der Waals surface area (Å²) in [6.07, 6.45) is 0. The number of benzene rings is 2. The van der Waals surface area contributed by atoms with Gasteiger partial charge in [0.15, 0.2) is 0 Å². The average molecular weight is 285 g/mol. The summed E-state index contributed by atoms with van der Waals surface area (Å²) in [6, 6.07) is 12.8. The van der Waals surface area contributed by atoms with E-state index in [1.807, 2.05) is 12.1 Å². The van der Waals surface area contributed by atoms with Crippen LogP contribution in [0.3, 0.4) is 0 Å². The maximum Gasteiger partial charge on any atom is 0.337 e. The lowest BCUT2D eigenvalue weighted by Gasteiger charge is -2.10. The fraction of sp³-hybridized carbons (Fsp3) is 0.235. The van der Waals surface area contributed by atoms with Gasteiger partial charge in [-0.2, -0.15) is 0 Å². The van der Waals surface area contributed by atoms with Gasteiger partial charge in [-0.1, -0.05) is 38.1 Å². The molecule has 0 aromatic heterocycles. The lowest BCUT2D eigenvalue weighted by atomic mass is 10.0. The van der Waals surface area contributed by atoms with Crippen molar-refractivity contribution in [3.8, 4) is 5.75 Å². The predicted molar refractivity (Wildman–Crippen MR) is 82.7 cm³/mol. The molecule has 21 heavy (non-hydrogen) atoms. The van der Waals surface area contributed by atoms with Crippen LogP contribution in [0.25, 0.3) is 0 Å². The second-order valence-electron chi connectivity index (χ2n) is 5.24. The third kappa shape index (κ3) is 3.75. The van der Waals surface area contributed by atoms with Crippen LogP contribution in [-0.4, -0.2) is 11.1 Å². The molecule has 3 N–H and O–H groups in total. The highest BCUT2D eigenvalue weighted by Gasteiger charge is 2.08. The van der Waals surface area contributed by atoms with Crippen LogP contribution in [-0.2, 0) is 6.61 Å². The van der Waals surface area contributed by atoms with Crippen molar-refractivity contribution in [3.63, 3.8) is 0 Å². The van der Waals surface area contributed by atoms with Crippen LogP contribution in [0.5, 0.6) is 5.75 Å². The van der Waals surface area contributed by atoms with Gasteiger partial charge in [0.2, 0.25) is 0 Å². The molecule has 0 aliphatic heterocycles. The third-order valence-corrected chi connectivity index (χ3v) is 3.31. The van der Waals surface area contributed by atoms with Crippen molar-refractivity contribution in [2.24, 2.45) is 0 Å². The van der Waals surface area contributed by atoms with Gasteiger partial charge in [0.05, 0.1) is 5.56 Å². The van der Waals surface area contributed by atoms with Crippen LogP contribution in [0.15, 0.2) is 42.5 Å². The maximum absolute atomic E-state index is 10.9. The molecule has 2 rings (SSSR count). The SMILES string of the molecule is CC(C)c1ccc(COc2ccc(C(=O)O)c(N)c2)cc1. The molecule has 0 aliphatic rings. The Morgan fingerprint density at radius 3 is 2.38 bits per heavy atom. The molecule has 0 bridgehead atoms. The summed E-state index contributed by atoms with van der Waals surface area (Å²) < 4.78 is 5.64. The zero-order chi connectivity index (χ0) is 15.4. The highest BCUT2D eigenvalue weighted by molar-refractivity contribution is 5.93. The highest BCUT2D eigenvalue weighted by atomic mass is 16.5. The first-order valence-corrected chi connectivity index (χ1v) is 6.82. The fourth-order valence-corrected chi connectivity index (χ4v) is 1.99. The number of aromatic carboxylic acids is 1. The number of ether oxygens (including phenoxy) is 1. The first-order chi connectivity index (χ1) is 9.97. The number of anilines is 1. The Balaban J connectivity index is 2.03. The molecule has 0 unspecified atom stereocenters. The Kier molecular flexibility index (Phi) is 4.48. The summed E-state index contributed by atoms with van der Waals surface area (Å²) >= 11 is 0. The first-order valence-electron chi connectivity index (χ1n) is 6.82. The highest BCUT2D eigenvalue weighted by Crippen LogP contribution is 2.21. The topological polar surface area (TPSA) is 72.5 Å². The molecule has 2 aromatic rings. The Labute approximate surface area is 124 Å². The van der Waals surface area contributed by atoms with Gasteiger partial charge in [0.1, 0.15) is 12.4 Å². The zero-order valence-electron chi connectivity index (χ0n) is 12.2. The fourth-order valence-electron chi connectivity index (χ4n) is 1.99. The van der Waals surface area contributed by atoms with Gasteiger partial charge in [-0.25, -0.2) is 4.79 Å². The van der Waals surface area contributed by atoms with Crippen LogP contribution in [0.1, 0.15) is 41.3 Å². The van der Waals surface area contributed by atoms with E-state index in [1.54, 1.807) is 6.07 Å². The summed E-state index contributed by atoms with van der Waals surface area (Å²) in [6.45, 7) is 4.72. The van der Waals surface area contributed by atoms with Crippen LogP contribution >= 0.6 is 0 Å². The molecule has 4 heteroatoms. The first kappa shape index (κ1) is 14.9. The van der Waals surface area contributed by atoms with Gasteiger partial charge in [-0.15, -0.1) is 0 Å². The predicted octanol–water partition coefficient (Wildman–Crippen LogP) is 3.67. The van der Waals surface area contributed by atoms with Crippen LogP contribution in [0.4, 0.5) is 5.69 Å². The van der Waals surface area contributed by atoms with Crippen LogP contribution in [0, 0.1) is 0 Å². The maximum atomic E-state index is 10.9. The molecule has 0 spiro atoms. The van der Waals surface area contributed by atoms with E-state index in [-0.39, 0.29) is 11.3 Å². The quantitative estimate of drug-likeness (QED) is 0.822. The van der Waals surface area contributed by atoms with E-state index in [4.69, 9.17) is 15.6 Å². The minimum Gasteiger partial charge on any atom is -0.489 e.